The second kappa shape index (κ2) is 5.12. The maximum atomic E-state index is 11.4. The van der Waals surface area contributed by atoms with Crippen molar-refractivity contribution < 1.29 is 14.4 Å². The molecule has 5 nitrogen and oxygen atoms in total. The monoisotopic (exact) mass is 236 g/mol. The Bertz CT molecular complexity index is 227. The van der Waals surface area contributed by atoms with Gasteiger partial charge in [0.1, 0.15) is 0 Å². The summed E-state index contributed by atoms with van der Waals surface area (Å²) < 4.78 is 5.28. The molecule has 1 amide bonds. The van der Waals surface area contributed by atoms with Gasteiger partial charge in [0.2, 0.25) is 0 Å². The second-order valence-corrected chi connectivity index (χ2v) is 4.00. The topological polar surface area (TPSA) is 73.6 Å². The molecule has 0 aromatic carbocycles. The molecule has 1 saturated carbocycles. The van der Waals surface area contributed by atoms with E-state index in [0.29, 0.717) is 6.61 Å². The van der Waals surface area contributed by atoms with Gasteiger partial charge in [0.15, 0.2) is 6.29 Å². The van der Waals surface area contributed by atoms with Crippen LogP contribution < -0.4 is 11.2 Å². The smallest absolute Gasteiger partial charge is 0.263 e. The normalized spacial score (nSPS) is 27.7. The van der Waals surface area contributed by atoms with Gasteiger partial charge in [-0.05, 0) is 25.7 Å². The number of nitrogens with two attached hydrogens (primary N) is 1. The zero-order valence-corrected chi connectivity index (χ0v) is 9.35. The summed E-state index contributed by atoms with van der Waals surface area (Å²) in [6.07, 6.45) is 4.16. The number of nitrogens with one attached hydrogen (secondary N) is 1. The van der Waals surface area contributed by atoms with E-state index in [1.54, 1.807) is 0 Å². The molecule has 1 aliphatic carbocycles. The van der Waals surface area contributed by atoms with Crippen molar-refractivity contribution in [3.8, 4) is 0 Å². The number of rotatable bonds is 3. The highest BCUT2D eigenvalue weighted by atomic mass is 35.5. The van der Waals surface area contributed by atoms with Crippen LogP contribution in [0.2, 0.25) is 0 Å². The minimum atomic E-state index is -0.672. The first-order valence-corrected chi connectivity index (χ1v) is 5.07. The van der Waals surface area contributed by atoms with E-state index in [4.69, 9.17) is 15.3 Å². The zero-order valence-electron chi connectivity index (χ0n) is 8.53. The molecule has 1 saturated heterocycles. The summed E-state index contributed by atoms with van der Waals surface area (Å²) in [5, 5.41) is 0. The van der Waals surface area contributed by atoms with Gasteiger partial charge in [-0.15, -0.1) is 12.4 Å². The van der Waals surface area contributed by atoms with Crippen LogP contribution in [0.25, 0.3) is 0 Å². The van der Waals surface area contributed by atoms with Gasteiger partial charge in [-0.3, -0.25) is 4.79 Å². The Labute approximate surface area is 95.0 Å². The highest BCUT2D eigenvalue weighted by Gasteiger charge is 2.46. The Morgan fingerprint density at radius 2 is 2.20 bits per heavy atom. The van der Waals surface area contributed by atoms with Crippen LogP contribution in [0.1, 0.15) is 32.1 Å². The van der Waals surface area contributed by atoms with Gasteiger partial charge in [0.05, 0.1) is 5.54 Å². The van der Waals surface area contributed by atoms with Crippen LogP contribution in [0.5, 0.6) is 0 Å². The van der Waals surface area contributed by atoms with E-state index in [-0.39, 0.29) is 24.6 Å². The zero-order chi connectivity index (χ0) is 10.0. The molecule has 1 aliphatic heterocycles. The first kappa shape index (κ1) is 12.7. The van der Waals surface area contributed by atoms with Crippen LogP contribution in [0.15, 0.2) is 0 Å². The van der Waals surface area contributed by atoms with Crippen molar-refractivity contribution >= 4 is 18.3 Å². The standard InChI is InChI=1S/C9H16N2O3.ClH/c10-9(4-5-9)8(12)11-14-7-3-1-2-6-13-7;/h7H,1-6,10H2,(H,11,12);1H. The number of amides is 1. The van der Waals surface area contributed by atoms with Gasteiger partial charge in [-0.1, -0.05) is 0 Å². The molecule has 2 rings (SSSR count). The van der Waals surface area contributed by atoms with E-state index in [0.717, 1.165) is 32.1 Å². The van der Waals surface area contributed by atoms with Crippen molar-refractivity contribution in [2.45, 2.75) is 43.9 Å². The van der Waals surface area contributed by atoms with E-state index >= 15 is 0 Å². The van der Waals surface area contributed by atoms with Crippen LogP contribution in [-0.2, 0) is 14.4 Å². The van der Waals surface area contributed by atoms with E-state index in [1.165, 1.54) is 0 Å². The van der Waals surface area contributed by atoms with Gasteiger partial charge in [-0.25, -0.2) is 10.3 Å². The highest BCUT2D eigenvalue weighted by Crippen LogP contribution is 2.32. The first-order chi connectivity index (χ1) is 6.71. The third kappa shape index (κ3) is 3.31. The summed E-state index contributed by atoms with van der Waals surface area (Å²) in [5.74, 6) is -0.230. The molecule has 1 atom stereocenters. The SMILES string of the molecule is Cl.NC1(C(=O)NOC2CCCCO2)CC1. The molecule has 0 radical (unpaired) electrons. The van der Waals surface area contributed by atoms with Crippen LogP contribution in [0.4, 0.5) is 0 Å². The molecule has 3 N–H and O–H groups in total. The molecule has 0 aromatic rings. The predicted molar refractivity (Wildman–Crippen MR) is 56.2 cm³/mol. The quantitative estimate of drug-likeness (QED) is 0.699. The Hall–Kier alpha value is -0.360. The third-order valence-corrected chi connectivity index (χ3v) is 2.66. The molecule has 2 aliphatic rings. The Balaban J connectivity index is 0.00000112. The van der Waals surface area contributed by atoms with Gasteiger partial charge < -0.3 is 10.5 Å². The fourth-order valence-corrected chi connectivity index (χ4v) is 1.39. The van der Waals surface area contributed by atoms with Gasteiger partial charge in [0, 0.05) is 13.0 Å². The van der Waals surface area contributed by atoms with Crippen LogP contribution in [0, 0.1) is 0 Å². The van der Waals surface area contributed by atoms with Crippen molar-refractivity contribution in [1.82, 2.24) is 5.48 Å². The van der Waals surface area contributed by atoms with Crippen molar-refractivity contribution in [1.29, 1.82) is 0 Å². The molecule has 88 valence electrons. The third-order valence-electron chi connectivity index (χ3n) is 2.66. The lowest BCUT2D eigenvalue weighted by atomic mass is 10.2. The fraction of sp³-hybridized carbons (Fsp3) is 0.889. The fourth-order valence-electron chi connectivity index (χ4n) is 1.39. The molecule has 6 heteroatoms. The molecule has 0 bridgehead atoms. The lowest BCUT2D eigenvalue weighted by Gasteiger charge is -2.22. The maximum absolute atomic E-state index is 11.4. The summed E-state index contributed by atoms with van der Waals surface area (Å²) in [6, 6.07) is 0. The number of carbonyl (C=O) groups excluding carboxylic acids is 1. The largest absolute Gasteiger partial charge is 0.350 e. The van der Waals surface area contributed by atoms with E-state index in [2.05, 4.69) is 5.48 Å². The first-order valence-electron chi connectivity index (χ1n) is 5.07. The van der Waals surface area contributed by atoms with Gasteiger partial charge in [-0.2, -0.15) is 0 Å². The van der Waals surface area contributed by atoms with Crippen molar-refractivity contribution in [2.75, 3.05) is 6.61 Å². The number of hydroxylamine groups is 1. The number of hydrogen-bond donors (Lipinski definition) is 2. The summed E-state index contributed by atoms with van der Waals surface area (Å²) in [6.45, 7) is 0.703. The molecule has 1 heterocycles. The maximum Gasteiger partial charge on any atom is 0.263 e. The number of hydrogen-bond acceptors (Lipinski definition) is 4. The number of carbonyl (C=O) groups is 1. The van der Waals surface area contributed by atoms with Crippen molar-refractivity contribution in [3.63, 3.8) is 0 Å². The summed E-state index contributed by atoms with van der Waals surface area (Å²) in [7, 11) is 0. The minimum Gasteiger partial charge on any atom is -0.350 e. The Morgan fingerprint density at radius 3 is 2.73 bits per heavy atom. The average molecular weight is 237 g/mol. The Morgan fingerprint density at radius 1 is 1.47 bits per heavy atom. The van der Waals surface area contributed by atoms with Gasteiger partial charge >= 0.3 is 0 Å². The number of ether oxygens (including phenoxy) is 1. The highest BCUT2D eigenvalue weighted by molar-refractivity contribution is 5.88. The predicted octanol–water partition coefficient (Wildman–Crippen LogP) is 0.474. The second-order valence-electron chi connectivity index (χ2n) is 4.00. The molecule has 2 fully saturated rings. The van der Waals surface area contributed by atoms with Crippen LogP contribution in [0.3, 0.4) is 0 Å². The van der Waals surface area contributed by atoms with Crippen molar-refractivity contribution in [2.24, 2.45) is 5.73 Å². The van der Waals surface area contributed by atoms with Crippen LogP contribution in [-0.4, -0.2) is 24.3 Å². The lowest BCUT2D eigenvalue weighted by molar-refractivity contribution is -0.201. The van der Waals surface area contributed by atoms with E-state index in [9.17, 15) is 4.79 Å². The molecule has 0 spiro atoms. The minimum absolute atomic E-state index is 0. The van der Waals surface area contributed by atoms with E-state index in [1.807, 2.05) is 0 Å². The molecule has 15 heavy (non-hydrogen) atoms. The molecule has 0 aromatic heterocycles. The van der Waals surface area contributed by atoms with E-state index < -0.39 is 5.54 Å². The summed E-state index contributed by atoms with van der Waals surface area (Å²) >= 11 is 0. The average Bonchev–Trinajstić information content (AvgIpc) is 2.96. The van der Waals surface area contributed by atoms with Gasteiger partial charge in [0.25, 0.3) is 5.91 Å². The molecule has 1 unspecified atom stereocenters. The Kier molecular flexibility index (Phi) is 4.33. The number of halogens is 1. The lowest BCUT2D eigenvalue weighted by Crippen LogP contribution is -2.44. The van der Waals surface area contributed by atoms with Crippen LogP contribution >= 0.6 is 12.4 Å². The summed E-state index contributed by atoms with van der Waals surface area (Å²) in [4.78, 5) is 16.5. The van der Waals surface area contributed by atoms with Crippen molar-refractivity contribution in [3.05, 3.63) is 0 Å². The summed E-state index contributed by atoms with van der Waals surface area (Å²) in [5.41, 5.74) is 7.37. The molecular formula is C9H17ClN2O3. The molecular weight excluding hydrogens is 220 g/mol.